The van der Waals surface area contributed by atoms with Crippen molar-refractivity contribution >= 4 is 22.7 Å². The van der Waals surface area contributed by atoms with Crippen LogP contribution in [0.5, 0.6) is 0 Å². The normalized spacial score (nSPS) is 14.2. The molecule has 0 saturated heterocycles. The van der Waals surface area contributed by atoms with E-state index in [0.29, 0.717) is 0 Å². The Kier molecular flexibility index (Phi) is 15.1. The van der Waals surface area contributed by atoms with Crippen molar-refractivity contribution in [2.45, 2.75) is 0 Å². The van der Waals surface area contributed by atoms with Gasteiger partial charge in [-0.1, -0.05) is 0 Å². The second-order valence-corrected chi connectivity index (χ2v) is 1.68. The SMILES string of the molecule is O=S([O-])[N-]OS(=O)F.[Na+].[Rf]. The van der Waals surface area contributed by atoms with Gasteiger partial charge in [-0.25, -0.2) is 0 Å². The van der Waals surface area contributed by atoms with Crippen molar-refractivity contribution in [3.05, 3.63) is 4.89 Å². The second-order valence-electron chi connectivity index (χ2n) is 0.560. The first-order valence-electron chi connectivity index (χ1n) is 1.19. The molecule has 0 aliphatic heterocycles. The summed E-state index contributed by atoms with van der Waals surface area (Å²) in [5, 5.41) is 0. The maximum Gasteiger partial charge on any atom is 1.00 e. The Morgan fingerprint density at radius 2 is 1.90 bits per heavy atom. The third-order valence-electron chi connectivity index (χ3n) is 0.150. The predicted octanol–water partition coefficient (Wildman–Crippen LogP) is -3.36. The first kappa shape index (κ1) is 16.6. The fraction of sp³-hybridized carbons (Fsp3) is 0. The molecule has 0 bridgehead atoms. The van der Waals surface area contributed by atoms with E-state index >= 15 is 0 Å². The zero-order valence-corrected chi connectivity index (χ0v) is 15.0. The topological polar surface area (TPSA) is 80.5 Å². The van der Waals surface area contributed by atoms with Crippen LogP contribution in [0.25, 0.3) is 4.89 Å². The molecule has 10 heavy (non-hydrogen) atoms. The van der Waals surface area contributed by atoms with Crippen LogP contribution in [0.4, 0.5) is 3.89 Å². The summed E-state index contributed by atoms with van der Waals surface area (Å²) < 4.78 is 41.9. The van der Waals surface area contributed by atoms with Crippen molar-refractivity contribution in [3.8, 4) is 0 Å². The van der Waals surface area contributed by atoms with Gasteiger partial charge < -0.3 is 13.7 Å². The molecule has 52 valence electrons. The van der Waals surface area contributed by atoms with Crippen molar-refractivity contribution < 1.29 is 50.7 Å². The van der Waals surface area contributed by atoms with Crippen LogP contribution in [0.2, 0.25) is 0 Å². The Morgan fingerprint density at radius 1 is 1.50 bits per heavy atom. The molecule has 0 fully saturated rings. The Morgan fingerprint density at radius 3 is 2.00 bits per heavy atom. The quantitative estimate of drug-likeness (QED) is 0.195. The fourth-order valence-electron chi connectivity index (χ4n) is 0.0488. The molecule has 0 saturated carbocycles. The van der Waals surface area contributed by atoms with Gasteiger partial charge in [-0.15, -0.1) is 15.2 Å². The molecule has 0 rings (SSSR count). The average molecular weight is 451 g/mol. The Bertz CT molecular complexity index is 108. The molecule has 0 aliphatic rings. The smallest absolute Gasteiger partial charge is 0.788 e. The van der Waals surface area contributed by atoms with Crippen LogP contribution in [0.15, 0.2) is 0 Å². The number of rotatable bonds is 3. The summed E-state index contributed by atoms with van der Waals surface area (Å²) >= 11 is -6.01. The van der Waals surface area contributed by atoms with E-state index in [1.165, 1.54) is 0 Å². The van der Waals surface area contributed by atoms with Gasteiger partial charge in [0.15, 0.2) is 0 Å². The summed E-state index contributed by atoms with van der Waals surface area (Å²) in [4.78, 5) is 2.07. The van der Waals surface area contributed by atoms with Crippen LogP contribution in [0, 0.1) is 0 Å². The maximum absolute atomic E-state index is 10.9. The van der Waals surface area contributed by atoms with Gasteiger partial charge in [0, 0.05) is 0 Å². The van der Waals surface area contributed by atoms with Crippen LogP contribution in [-0.4, -0.2) is 13.0 Å². The van der Waals surface area contributed by atoms with Gasteiger partial charge in [0.25, 0.3) is 0 Å². The molecule has 0 radical (unpaired) electrons. The molecule has 2 atom stereocenters. The van der Waals surface area contributed by atoms with Crippen molar-refractivity contribution in [1.82, 2.24) is 0 Å². The van der Waals surface area contributed by atoms with E-state index in [-0.39, 0.29) is 29.6 Å². The summed E-state index contributed by atoms with van der Waals surface area (Å²) in [5.74, 6) is 0. The van der Waals surface area contributed by atoms with Crippen molar-refractivity contribution in [3.63, 3.8) is 0 Å². The summed E-state index contributed by atoms with van der Waals surface area (Å²) in [6.45, 7) is 0. The van der Waals surface area contributed by atoms with Crippen LogP contribution < -0.4 is 29.6 Å². The van der Waals surface area contributed by atoms with Gasteiger partial charge in [0.2, 0.25) is 0 Å². The molecule has 0 aromatic carbocycles. The molecule has 0 aromatic heterocycles. The minimum absolute atomic E-state index is 0. The molecule has 5 nitrogen and oxygen atoms in total. The van der Waals surface area contributed by atoms with E-state index in [2.05, 4.69) is 9.17 Å². The van der Waals surface area contributed by atoms with E-state index < -0.39 is 22.7 Å². The molecule has 0 aromatic rings. The van der Waals surface area contributed by atoms with Crippen LogP contribution in [-0.2, 0) is 27.0 Å². The number of nitrogens with zero attached hydrogens (tertiary/aromatic N) is 1. The molecule has 0 spiro atoms. The Labute approximate surface area is 78.0 Å². The standard InChI is InChI=1S/FHNO4S2.Na.Rf/c1-7(3)6-2-8(4)5;;/h(H,4,5);;/q-1;+1;/p-1. The Hall–Kier alpha value is 0.110. The minimum atomic E-state index is -3.15. The van der Waals surface area contributed by atoms with Crippen LogP contribution in [0.1, 0.15) is 0 Å². The van der Waals surface area contributed by atoms with E-state index in [0.717, 1.165) is 0 Å². The second kappa shape index (κ2) is 9.11. The van der Waals surface area contributed by atoms with E-state index in [4.69, 9.17) is 0 Å². The number of hydrogen-bond acceptors (Lipinski definition) is 4. The van der Waals surface area contributed by atoms with E-state index in [1.807, 2.05) is 0 Å². The van der Waals surface area contributed by atoms with Crippen LogP contribution >= 0.6 is 0 Å². The zero-order chi connectivity index (χ0) is 6.57. The largest absolute Gasteiger partial charge is 1.00 e. The number of halogens is 1. The molecule has 0 heterocycles. The van der Waals surface area contributed by atoms with E-state index in [1.54, 1.807) is 0 Å². The molecule has 2 unspecified atom stereocenters. The predicted molar refractivity (Wildman–Crippen MR) is 22.6 cm³/mol. The third-order valence-corrected chi connectivity index (χ3v) is 0.632. The van der Waals surface area contributed by atoms with Crippen molar-refractivity contribution in [2.24, 2.45) is 0 Å². The summed E-state index contributed by atoms with van der Waals surface area (Å²) in [6, 6.07) is 0. The molecule has 0 amide bonds. The molecule has 0 aliphatic carbocycles. The Balaban J connectivity index is -0.000000245. The first-order valence-corrected chi connectivity index (χ1v) is 3.19. The van der Waals surface area contributed by atoms with Crippen molar-refractivity contribution in [2.75, 3.05) is 0 Å². The van der Waals surface area contributed by atoms with Crippen LogP contribution in [0.3, 0.4) is 0 Å². The van der Waals surface area contributed by atoms with Gasteiger partial charge in [-0.3, -0.25) is 4.21 Å². The van der Waals surface area contributed by atoms with E-state index in [9.17, 15) is 16.9 Å². The fourth-order valence-corrected chi connectivity index (χ4v) is 0.439. The van der Waals surface area contributed by atoms with Gasteiger partial charge in [-0.05, 0) is 0 Å². The monoisotopic (exact) mass is 451 g/mol. The van der Waals surface area contributed by atoms with Crippen molar-refractivity contribution in [1.29, 1.82) is 0 Å². The van der Waals surface area contributed by atoms with Gasteiger partial charge >= 0.3 is 41.0 Å². The van der Waals surface area contributed by atoms with Gasteiger partial charge in [-0.2, -0.15) is 4.21 Å². The number of hydrogen-bond donors (Lipinski definition) is 0. The maximum atomic E-state index is 10.9. The first-order chi connectivity index (χ1) is 3.63. The summed E-state index contributed by atoms with van der Waals surface area (Å²) in [7, 11) is 0. The minimum Gasteiger partial charge on any atom is -0.788 e. The third kappa shape index (κ3) is 15.7. The summed E-state index contributed by atoms with van der Waals surface area (Å²) in [5.41, 5.74) is 0. The molecule has 0 N–H and O–H groups in total. The molecular formula is FNNaO4RfS2-. The van der Waals surface area contributed by atoms with Gasteiger partial charge in [0.1, 0.15) is 0 Å². The zero-order valence-electron chi connectivity index (χ0n) is 4.98. The molecular weight excluding hydrogens is 451 g/mol. The average Bonchev–Trinajstić information content (AvgIpc) is 1.61. The summed E-state index contributed by atoms with van der Waals surface area (Å²) in [6.07, 6.45) is 0. The van der Waals surface area contributed by atoms with Gasteiger partial charge in [0.05, 0.1) is 0 Å². The molecule has 10 heteroatoms.